The first-order chi connectivity index (χ1) is 9.19. The first kappa shape index (κ1) is 14.7. The number of rotatable bonds is 6. The fraction of sp³-hybridized carbons (Fsp3) is 0.462. The Morgan fingerprint density at radius 3 is 3.05 bits per heavy atom. The number of nitrogens with two attached hydrogens (primary N) is 1. The smallest absolute Gasteiger partial charge is 0.0831 e. The number of hydrogen-bond donors (Lipinski definition) is 1. The van der Waals surface area contributed by atoms with E-state index in [0.717, 1.165) is 16.6 Å². The molecule has 4 nitrogen and oxygen atoms in total. The van der Waals surface area contributed by atoms with Crippen molar-refractivity contribution in [2.24, 2.45) is 5.73 Å². The van der Waals surface area contributed by atoms with Crippen LogP contribution in [0.25, 0.3) is 0 Å². The Morgan fingerprint density at radius 1 is 1.58 bits per heavy atom. The second-order valence-corrected chi connectivity index (χ2v) is 6.04. The minimum absolute atomic E-state index is 0.149. The zero-order chi connectivity index (χ0) is 13.8. The van der Waals surface area contributed by atoms with Crippen molar-refractivity contribution in [1.82, 2.24) is 9.78 Å². The Kier molecular flexibility index (Phi) is 5.15. The van der Waals surface area contributed by atoms with Gasteiger partial charge in [0.25, 0.3) is 0 Å². The Hall–Kier alpha value is -0.690. The molecule has 0 saturated carbocycles. The molecule has 0 aliphatic heterocycles. The van der Waals surface area contributed by atoms with Crippen molar-refractivity contribution in [1.29, 1.82) is 0 Å². The highest BCUT2D eigenvalue weighted by Crippen LogP contribution is 2.32. The molecule has 2 rings (SSSR count). The third kappa shape index (κ3) is 3.08. The Bertz CT molecular complexity index is 538. The van der Waals surface area contributed by atoms with Gasteiger partial charge in [-0.2, -0.15) is 5.10 Å². The van der Waals surface area contributed by atoms with Crippen LogP contribution in [-0.2, 0) is 17.7 Å². The molecule has 2 N–H and O–H groups in total. The van der Waals surface area contributed by atoms with E-state index in [1.807, 2.05) is 4.68 Å². The number of hydrogen-bond acceptors (Lipinski definition) is 4. The van der Waals surface area contributed by atoms with Crippen LogP contribution in [0, 0.1) is 0 Å². The number of halogens is 1. The van der Waals surface area contributed by atoms with Crippen molar-refractivity contribution in [3.8, 4) is 0 Å². The molecule has 0 radical (unpaired) electrons. The molecular formula is C13H18BrN3OS. The summed E-state index contributed by atoms with van der Waals surface area (Å²) < 4.78 is 7.98. The minimum atomic E-state index is -0.149. The second kappa shape index (κ2) is 6.65. The van der Waals surface area contributed by atoms with Crippen molar-refractivity contribution >= 4 is 27.3 Å². The summed E-state index contributed by atoms with van der Waals surface area (Å²) >= 11 is 5.25. The summed E-state index contributed by atoms with van der Waals surface area (Å²) in [5.74, 6) is 0. The molecular weight excluding hydrogens is 326 g/mol. The molecule has 6 heteroatoms. The van der Waals surface area contributed by atoms with Crippen LogP contribution in [0.3, 0.4) is 0 Å². The summed E-state index contributed by atoms with van der Waals surface area (Å²) in [5.41, 5.74) is 8.75. The summed E-state index contributed by atoms with van der Waals surface area (Å²) in [5, 5.41) is 6.45. The topological polar surface area (TPSA) is 53.1 Å². The number of aromatic nitrogens is 2. The van der Waals surface area contributed by atoms with Gasteiger partial charge in [0.05, 0.1) is 35.6 Å². The summed E-state index contributed by atoms with van der Waals surface area (Å²) in [7, 11) is 1.69. The normalized spacial score (nSPS) is 12.8. The first-order valence-corrected chi connectivity index (χ1v) is 7.88. The van der Waals surface area contributed by atoms with Crippen molar-refractivity contribution in [2.75, 3.05) is 13.7 Å². The summed E-state index contributed by atoms with van der Waals surface area (Å²) in [6.07, 6.45) is 2.79. The fourth-order valence-electron chi connectivity index (χ4n) is 2.07. The number of thiophene rings is 1. The molecule has 0 aliphatic carbocycles. The van der Waals surface area contributed by atoms with Gasteiger partial charge in [0.2, 0.25) is 0 Å². The van der Waals surface area contributed by atoms with Gasteiger partial charge in [0.15, 0.2) is 0 Å². The molecule has 2 aromatic heterocycles. The maximum Gasteiger partial charge on any atom is 0.0831 e. The lowest BCUT2D eigenvalue weighted by Crippen LogP contribution is -2.19. The van der Waals surface area contributed by atoms with Gasteiger partial charge in [-0.15, -0.1) is 11.3 Å². The zero-order valence-corrected chi connectivity index (χ0v) is 13.5. The minimum Gasteiger partial charge on any atom is -0.383 e. The van der Waals surface area contributed by atoms with E-state index in [9.17, 15) is 0 Å². The van der Waals surface area contributed by atoms with E-state index < -0.39 is 0 Å². The van der Waals surface area contributed by atoms with Gasteiger partial charge in [0, 0.05) is 12.0 Å². The van der Waals surface area contributed by atoms with Crippen molar-refractivity contribution in [3.05, 3.63) is 38.3 Å². The molecule has 1 unspecified atom stereocenters. The van der Waals surface area contributed by atoms with E-state index in [4.69, 9.17) is 10.5 Å². The van der Waals surface area contributed by atoms with Crippen LogP contribution < -0.4 is 5.73 Å². The summed E-state index contributed by atoms with van der Waals surface area (Å²) in [6, 6.07) is 1.99. The predicted octanol–water partition coefficient (Wildman–Crippen LogP) is 2.96. The third-order valence-electron chi connectivity index (χ3n) is 3.08. The van der Waals surface area contributed by atoms with Gasteiger partial charge < -0.3 is 10.5 Å². The number of methoxy groups -OCH3 is 1. The van der Waals surface area contributed by atoms with E-state index in [1.165, 1.54) is 10.4 Å². The number of aryl methyl sites for hydroxylation is 1. The summed E-state index contributed by atoms with van der Waals surface area (Å²) in [4.78, 5) is 1.21. The average Bonchev–Trinajstić information content (AvgIpc) is 3.02. The monoisotopic (exact) mass is 343 g/mol. The van der Waals surface area contributed by atoms with Crippen molar-refractivity contribution in [3.63, 3.8) is 0 Å². The average molecular weight is 344 g/mol. The van der Waals surface area contributed by atoms with Crippen LogP contribution in [0.4, 0.5) is 0 Å². The maximum atomic E-state index is 6.43. The van der Waals surface area contributed by atoms with Crippen molar-refractivity contribution in [2.45, 2.75) is 25.9 Å². The lowest BCUT2D eigenvalue weighted by atomic mass is 10.1. The van der Waals surface area contributed by atoms with E-state index in [2.05, 4.69) is 39.4 Å². The van der Waals surface area contributed by atoms with E-state index >= 15 is 0 Å². The fourth-order valence-corrected chi connectivity index (χ4v) is 3.62. The molecule has 2 aromatic rings. The highest BCUT2D eigenvalue weighted by molar-refractivity contribution is 9.10. The molecule has 0 bridgehead atoms. The molecule has 2 heterocycles. The van der Waals surface area contributed by atoms with Crippen LogP contribution in [0.5, 0.6) is 0 Å². The highest BCUT2D eigenvalue weighted by atomic mass is 79.9. The largest absolute Gasteiger partial charge is 0.383 e. The van der Waals surface area contributed by atoms with Crippen LogP contribution in [0.1, 0.15) is 29.1 Å². The third-order valence-corrected chi connectivity index (χ3v) is 4.73. The lowest BCUT2D eigenvalue weighted by molar-refractivity contribution is 0.182. The predicted molar refractivity (Wildman–Crippen MR) is 81.5 cm³/mol. The molecule has 0 fully saturated rings. The number of ether oxygens (including phenoxy) is 1. The Labute approximate surface area is 125 Å². The van der Waals surface area contributed by atoms with Gasteiger partial charge in [-0.3, -0.25) is 4.68 Å². The Morgan fingerprint density at radius 2 is 2.37 bits per heavy atom. The number of nitrogens with zero attached hydrogens (tertiary/aromatic N) is 2. The van der Waals surface area contributed by atoms with Crippen LogP contribution >= 0.6 is 27.3 Å². The van der Waals surface area contributed by atoms with E-state index in [1.54, 1.807) is 24.6 Å². The standard InChI is InChI=1S/C13H18BrN3OS/c1-3-9-4-7-19-13(9)11(15)12-10(14)8-16-17(12)5-6-18-2/h4,7-8,11H,3,5-6,15H2,1-2H3. The second-order valence-electron chi connectivity index (χ2n) is 4.24. The SMILES string of the molecule is CCc1ccsc1C(N)c1c(Br)cnn1CCOC. The quantitative estimate of drug-likeness (QED) is 0.877. The van der Waals surface area contributed by atoms with Gasteiger partial charge >= 0.3 is 0 Å². The van der Waals surface area contributed by atoms with Gasteiger partial charge in [0.1, 0.15) is 0 Å². The van der Waals surface area contributed by atoms with Gasteiger partial charge in [-0.25, -0.2) is 0 Å². The van der Waals surface area contributed by atoms with Crippen LogP contribution in [0.15, 0.2) is 22.1 Å². The molecule has 0 spiro atoms. The maximum absolute atomic E-state index is 6.43. The molecule has 0 aliphatic rings. The summed E-state index contributed by atoms with van der Waals surface area (Å²) in [6.45, 7) is 3.48. The molecule has 0 amide bonds. The van der Waals surface area contributed by atoms with Gasteiger partial charge in [-0.1, -0.05) is 6.92 Å². The molecule has 0 saturated heterocycles. The van der Waals surface area contributed by atoms with Crippen molar-refractivity contribution < 1.29 is 4.74 Å². The first-order valence-electron chi connectivity index (χ1n) is 6.21. The van der Waals surface area contributed by atoms with Crippen LogP contribution in [-0.4, -0.2) is 23.5 Å². The molecule has 0 aromatic carbocycles. The van der Waals surface area contributed by atoms with Gasteiger partial charge in [-0.05, 0) is 39.4 Å². The highest BCUT2D eigenvalue weighted by Gasteiger charge is 2.21. The lowest BCUT2D eigenvalue weighted by Gasteiger charge is -2.15. The molecule has 104 valence electrons. The molecule has 19 heavy (non-hydrogen) atoms. The van der Waals surface area contributed by atoms with E-state index in [-0.39, 0.29) is 6.04 Å². The zero-order valence-electron chi connectivity index (χ0n) is 11.1. The van der Waals surface area contributed by atoms with Crippen LogP contribution in [0.2, 0.25) is 0 Å². The van der Waals surface area contributed by atoms with E-state index in [0.29, 0.717) is 13.2 Å². The Balaban J connectivity index is 2.32. The molecule has 1 atom stereocenters.